The van der Waals surface area contributed by atoms with Crippen LogP contribution in [0.25, 0.3) is 0 Å². The Hall–Kier alpha value is -0.610. The van der Waals surface area contributed by atoms with Crippen molar-refractivity contribution in [3.63, 3.8) is 0 Å². The Labute approximate surface area is 98.1 Å². The van der Waals surface area contributed by atoms with Crippen LogP contribution in [0.3, 0.4) is 0 Å². The topological polar surface area (TPSA) is 50.4 Å². The van der Waals surface area contributed by atoms with Crippen LogP contribution in [-0.2, 0) is 9.53 Å². The van der Waals surface area contributed by atoms with Crippen LogP contribution < -0.4 is 10.6 Å². The van der Waals surface area contributed by atoms with E-state index >= 15 is 0 Å². The number of hydrogen-bond acceptors (Lipinski definition) is 3. The Bertz CT molecular complexity index is 211. The summed E-state index contributed by atoms with van der Waals surface area (Å²) in [5.41, 5.74) is 0. The summed E-state index contributed by atoms with van der Waals surface area (Å²) in [4.78, 5) is 11.4. The minimum Gasteiger partial charge on any atom is -0.368 e. The highest BCUT2D eigenvalue weighted by molar-refractivity contribution is 5.77. The lowest BCUT2D eigenvalue weighted by molar-refractivity contribution is -0.128. The Morgan fingerprint density at radius 2 is 1.94 bits per heavy atom. The zero-order valence-electron chi connectivity index (χ0n) is 10.6. The lowest BCUT2D eigenvalue weighted by Crippen LogP contribution is -2.37. The van der Waals surface area contributed by atoms with Gasteiger partial charge >= 0.3 is 0 Å². The summed E-state index contributed by atoms with van der Waals surface area (Å²) in [6, 6.07) is 0.820. The maximum Gasteiger partial charge on any atom is 0.246 e. The average Bonchev–Trinajstić information content (AvgIpc) is 2.26. The van der Waals surface area contributed by atoms with E-state index in [0.717, 1.165) is 25.7 Å². The molecule has 1 saturated carbocycles. The van der Waals surface area contributed by atoms with E-state index < -0.39 is 0 Å². The first-order valence-corrected chi connectivity index (χ1v) is 6.20. The van der Waals surface area contributed by atoms with Crippen molar-refractivity contribution in [3.05, 3.63) is 0 Å². The fraction of sp³-hybridized carbons (Fsp3) is 0.917. The van der Waals surface area contributed by atoms with Gasteiger partial charge in [0.2, 0.25) is 5.91 Å². The maximum absolute atomic E-state index is 11.4. The minimum absolute atomic E-state index is 0.00857. The third-order valence-corrected chi connectivity index (χ3v) is 2.98. The fourth-order valence-electron chi connectivity index (χ4n) is 2.08. The molecule has 0 radical (unpaired) electrons. The van der Waals surface area contributed by atoms with Gasteiger partial charge in [0, 0.05) is 12.1 Å². The molecule has 1 rings (SSSR count). The van der Waals surface area contributed by atoms with E-state index in [9.17, 15) is 4.79 Å². The number of amides is 1. The van der Waals surface area contributed by atoms with Gasteiger partial charge in [0.05, 0.1) is 6.10 Å². The molecule has 1 aliphatic rings. The number of nitrogens with one attached hydrogen (secondary N) is 2. The minimum atomic E-state index is -0.00857. The molecule has 0 aromatic heterocycles. The summed E-state index contributed by atoms with van der Waals surface area (Å²) >= 11 is 0. The molecule has 0 aromatic rings. The van der Waals surface area contributed by atoms with Crippen molar-refractivity contribution in [2.45, 2.75) is 57.7 Å². The fourth-order valence-corrected chi connectivity index (χ4v) is 2.08. The van der Waals surface area contributed by atoms with Crippen LogP contribution in [0.15, 0.2) is 0 Å². The molecule has 1 fully saturated rings. The molecule has 0 spiro atoms. The van der Waals surface area contributed by atoms with E-state index in [4.69, 9.17) is 4.74 Å². The molecule has 0 bridgehead atoms. The van der Waals surface area contributed by atoms with Crippen molar-refractivity contribution in [2.75, 3.05) is 13.7 Å². The molecule has 94 valence electrons. The van der Waals surface area contributed by atoms with Gasteiger partial charge in [-0.3, -0.25) is 4.79 Å². The quantitative estimate of drug-likeness (QED) is 0.739. The lowest BCUT2D eigenvalue weighted by Gasteiger charge is -2.28. The highest BCUT2D eigenvalue weighted by atomic mass is 16.5. The van der Waals surface area contributed by atoms with Gasteiger partial charge in [-0.2, -0.15) is 0 Å². The van der Waals surface area contributed by atoms with Crippen LogP contribution in [0.2, 0.25) is 0 Å². The molecule has 4 heteroatoms. The summed E-state index contributed by atoms with van der Waals surface area (Å²) < 4.78 is 5.60. The molecule has 0 atom stereocenters. The van der Waals surface area contributed by atoms with Gasteiger partial charge in [-0.05, 0) is 46.6 Å². The molecule has 2 N–H and O–H groups in total. The zero-order chi connectivity index (χ0) is 12.0. The number of ether oxygens (including phenoxy) is 1. The van der Waals surface area contributed by atoms with E-state index in [1.165, 1.54) is 0 Å². The summed E-state index contributed by atoms with van der Waals surface area (Å²) in [5, 5.41) is 6.11. The molecule has 1 amide bonds. The largest absolute Gasteiger partial charge is 0.368 e. The Morgan fingerprint density at radius 3 is 2.44 bits per heavy atom. The Morgan fingerprint density at radius 1 is 1.31 bits per heavy atom. The molecule has 0 aromatic carbocycles. The first-order chi connectivity index (χ1) is 7.61. The smallest absolute Gasteiger partial charge is 0.246 e. The van der Waals surface area contributed by atoms with E-state index in [0.29, 0.717) is 6.04 Å². The van der Waals surface area contributed by atoms with E-state index in [-0.39, 0.29) is 24.7 Å². The van der Waals surface area contributed by atoms with Crippen LogP contribution in [0.5, 0.6) is 0 Å². The van der Waals surface area contributed by atoms with Crippen LogP contribution in [0, 0.1) is 0 Å². The lowest BCUT2D eigenvalue weighted by atomic mass is 9.93. The summed E-state index contributed by atoms with van der Waals surface area (Å²) in [7, 11) is 2.00. The standard InChI is InChI=1S/C12H24N2O2/c1-9(2)14-12(15)8-16-11-6-4-10(13-3)5-7-11/h9-11,13H,4-8H2,1-3H3,(H,14,15). The van der Waals surface area contributed by atoms with Crippen LogP contribution in [0.1, 0.15) is 39.5 Å². The molecule has 0 heterocycles. The highest BCUT2D eigenvalue weighted by Gasteiger charge is 2.20. The van der Waals surface area contributed by atoms with Crippen LogP contribution >= 0.6 is 0 Å². The second kappa shape index (κ2) is 6.86. The second-order valence-corrected chi connectivity index (χ2v) is 4.80. The van der Waals surface area contributed by atoms with Crippen molar-refractivity contribution < 1.29 is 9.53 Å². The van der Waals surface area contributed by atoms with Gasteiger partial charge in [-0.1, -0.05) is 0 Å². The van der Waals surface area contributed by atoms with Crippen molar-refractivity contribution in [1.82, 2.24) is 10.6 Å². The number of rotatable bonds is 5. The molecule has 4 nitrogen and oxygen atoms in total. The molecule has 1 aliphatic carbocycles. The number of carbonyl (C=O) groups is 1. The summed E-state index contributed by atoms with van der Waals surface area (Å²) in [5.74, 6) is -0.00857. The van der Waals surface area contributed by atoms with Gasteiger partial charge in [0.25, 0.3) is 0 Å². The second-order valence-electron chi connectivity index (χ2n) is 4.80. The molecule has 0 unspecified atom stereocenters. The van der Waals surface area contributed by atoms with E-state index in [1.807, 2.05) is 20.9 Å². The first-order valence-electron chi connectivity index (χ1n) is 6.20. The Kier molecular flexibility index (Phi) is 5.77. The monoisotopic (exact) mass is 228 g/mol. The normalized spacial score (nSPS) is 25.8. The van der Waals surface area contributed by atoms with Gasteiger partial charge in [0.15, 0.2) is 0 Å². The molecular formula is C12H24N2O2. The van der Waals surface area contributed by atoms with E-state index in [1.54, 1.807) is 0 Å². The molecule has 0 aliphatic heterocycles. The van der Waals surface area contributed by atoms with Crippen LogP contribution in [0.4, 0.5) is 0 Å². The van der Waals surface area contributed by atoms with Gasteiger partial charge in [-0.25, -0.2) is 0 Å². The summed E-state index contributed by atoms with van der Waals surface area (Å²) in [6.07, 6.45) is 4.67. The van der Waals surface area contributed by atoms with Crippen LogP contribution in [-0.4, -0.2) is 37.7 Å². The third kappa shape index (κ3) is 4.94. The molecule has 16 heavy (non-hydrogen) atoms. The highest BCUT2D eigenvalue weighted by Crippen LogP contribution is 2.20. The molecule has 0 saturated heterocycles. The average molecular weight is 228 g/mol. The Balaban J connectivity index is 2.12. The first kappa shape index (κ1) is 13.5. The van der Waals surface area contributed by atoms with Gasteiger partial charge in [-0.15, -0.1) is 0 Å². The number of hydrogen-bond donors (Lipinski definition) is 2. The van der Waals surface area contributed by atoms with Gasteiger partial charge < -0.3 is 15.4 Å². The summed E-state index contributed by atoms with van der Waals surface area (Å²) in [6.45, 7) is 4.11. The molecular weight excluding hydrogens is 204 g/mol. The van der Waals surface area contributed by atoms with E-state index in [2.05, 4.69) is 10.6 Å². The van der Waals surface area contributed by atoms with Crippen molar-refractivity contribution in [1.29, 1.82) is 0 Å². The predicted octanol–water partition coefficient (Wildman–Crippen LogP) is 1.06. The van der Waals surface area contributed by atoms with Crippen molar-refractivity contribution in [2.24, 2.45) is 0 Å². The predicted molar refractivity (Wildman–Crippen MR) is 64.3 cm³/mol. The van der Waals surface area contributed by atoms with Crippen molar-refractivity contribution in [3.8, 4) is 0 Å². The maximum atomic E-state index is 11.4. The third-order valence-electron chi connectivity index (χ3n) is 2.98. The zero-order valence-corrected chi connectivity index (χ0v) is 10.6. The van der Waals surface area contributed by atoms with Gasteiger partial charge in [0.1, 0.15) is 6.61 Å². The SMILES string of the molecule is CNC1CCC(OCC(=O)NC(C)C)CC1. The number of carbonyl (C=O) groups excluding carboxylic acids is 1. The van der Waals surface area contributed by atoms with Crippen molar-refractivity contribution >= 4 is 5.91 Å².